The van der Waals surface area contributed by atoms with E-state index >= 15 is 0 Å². The molecule has 1 saturated heterocycles. The van der Waals surface area contributed by atoms with Crippen LogP contribution in [0.25, 0.3) is 0 Å². The largest absolute Gasteiger partial charge is 0.417 e. The van der Waals surface area contributed by atoms with Crippen LogP contribution in [0.2, 0.25) is 0 Å². The lowest BCUT2D eigenvalue weighted by Crippen LogP contribution is -2.61. The highest BCUT2D eigenvalue weighted by molar-refractivity contribution is 6.04. The Bertz CT molecular complexity index is 566. The van der Waals surface area contributed by atoms with Gasteiger partial charge in [-0.2, -0.15) is 13.2 Å². The first kappa shape index (κ1) is 15.8. The van der Waals surface area contributed by atoms with Gasteiger partial charge in [0, 0.05) is 32.9 Å². The Hall–Kier alpha value is -1.54. The Labute approximate surface area is 125 Å². The fourth-order valence-corrected chi connectivity index (χ4v) is 2.59. The zero-order valence-electron chi connectivity index (χ0n) is 11.1. The molecule has 1 fully saturated rings. The molecule has 1 N–H and O–H groups in total. The lowest BCUT2D eigenvalue weighted by Gasteiger charge is -2.43. The number of hydrogen-bond acceptors (Lipinski definition) is 4. The number of alkyl halides is 3. The number of carbonyl (C=O) groups is 1. The van der Waals surface area contributed by atoms with Gasteiger partial charge in [-0.25, -0.2) is 4.98 Å². The molecular formula is C12H14ClF3N4O. The maximum absolute atomic E-state index is 12.7. The molecule has 1 aromatic rings. The number of piperazine rings is 1. The maximum atomic E-state index is 12.7. The van der Waals surface area contributed by atoms with Crippen molar-refractivity contribution in [3.05, 3.63) is 17.8 Å². The number of anilines is 2. The second kappa shape index (κ2) is 5.34. The quantitative estimate of drug-likeness (QED) is 0.781. The van der Waals surface area contributed by atoms with Crippen LogP contribution in [0.5, 0.6) is 0 Å². The van der Waals surface area contributed by atoms with Gasteiger partial charge in [0.05, 0.1) is 11.3 Å². The van der Waals surface area contributed by atoms with E-state index in [1.54, 1.807) is 4.90 Å². The van der Waals surface area contributed by atoms with Gasteiger partial charge in [0.1, 0.15) is 6.04 Å². The fraction of sp³-hybridized carbons (Fsp3) is 0.500. The van der Waals surface area contributed by atoms with Gasteiger partial charge in [0.15, 0.2) is 5.82 Å². The summed E-state index contributed by atoms with van der Waals surface area (Å²) < 4.78 is 38.2. The van der Waals surface area contributed by atoms with Gasteiger partial charge in [-0.05, 0) is 6.07 Å². The normalized spacial score (nSPS) is 21.5. The molecule has 116 valence electrons. The topological polar surface area (TPSA) is 48.5 Å². The van der Waals surface area contributed by atoms with E-state index in [-0.39, 0.29) is 24.0 Å². The van der Waals surface area contributed by atoms with Crippen molar-refractivity contribution in [1.82, 2.24) is 10.3 Å². The standard InChI is InChI=1S/C12H13F3N4O.ClH/c1-18-8-4-7(12(13,14)15)5-17-10(8)19-3-2-16-6-9(19)11(18)20;/h4-5,9,16H,2-3,6H2,1H3;1H. The Morgan fingerprint density at radius 1 is 1.43 bits per heavy atom. The summed E-state index contributed by atoms with van der Waals surface area (Å²) in [6, 6.07) is 0.587. The zero-order valence-corrected chi connectivity index (χ0v) is 12.0. The van der Waals surface area contributed by atoms with Crippen molar-refractivity contribution in [3.8, 4) is 0 Å². The number of carbonyl (C=O) groups excluding carboxylic acids is 1. The van der Waals surface area contributed by atoms with Crippen LogP contribution in [-0.2, 0) is 11.0 Å². The molecule has 1 aromatic heterocycles. The molecule has 9 heteroatoms. The average molecular weight is 323 g/mol. The summed E-state index contributed by atoms with van der Waals surface area (Å²) in [5.74, 6) is 0.220. The molecule has 0 aromatic carbocycles. The predicted octanol–water partition coefficient (Wildman–Crippen LogP) is 1.28. The Kier molecular flexibility index (Phi) is 4.03. The van der Waals surface area contributed by atoms with Crippen LogP contribution < -0.4 is 15.1 Å². The van der Waals surface area contributed by atoms with Crippen molar-refractivity contribution in [2.24, 2.45) is 0 Å². The summed E-state index contributed by atoms with van der Waals surface area (Å²) in [5.41, 5.74) is -0.632. The molecule has 3 heterocycles. The van der Waals surface area contributed by atoms with Gasteiger partial charge >= 0.3 is 6.18 Å². The highest BCUT2D eigenvalue weighted by Gasteiger charge is 2.40. The number of likely N-dealkylation sites (N-methyl/N-ethyl adjacent to an activating group) is 1. The van der Waals surface area contributed by atoms with Crippen molar-refractivity contribution in [1.29, 1.82) is 0 Å². The van der Waals surface area contributed by atoms with Crippen molar-refractivity contribution < 1.29 is 18.0 Å². The molecule has 2 aliphatic heterocycles. The van der Waals surface area contributed by atoms with Gasteiger partial charge in [0.2, 0.25) is 0 Å². The molecule has 2 aliphatic rings. The lowest BCUT2D eigenvalue weighted by molar-refractivity contribution is -0.137. The van der Waals surface area contributed by atoms with Gasteiger partial charge in [-0.1, -0.05) is 0 Å². The van der Waals surface area contributed by atoms with Gasteiger partial charge in [-0.3, -0.25) is 4.79 Å². The van der Waals surface area contributed by atoms with Crippen LogP contribution in [0, 0.1) is 0 Å². The third-order valence-corrected chi connectivity index (χ3v) is 3.67. The number of aromatic nitrogens is 1. The molecular weight excluding hydrogens is 309 g/mol. The SMILES string of the molecule is CN1C(=O)C2CNCCN2c2ncc(C(F)(F)F)cc21.Cl. The molecule has 1 unspecified atom stereocenters. The molecule has 21 heavy (non-hydrogen) atoms. The number of hydrogen-bond donors (Lipinski definition) is 1. The molecule has 3 rings (SSSR count). The molecule has 0 radical (unpaired) electrons. The van der Waals surface area contributed by atoms with Crippen LogP contribution >= 0.6 is 12.4 Å². The van der Waals surface area contributed by atoms with Crippen LogP contribution in [0.4, 0.5) is 24.7 Å². The third kappa shape index (κ3) is 2.53. The van der Waals surface area contributed by atoms with Crippen LogP contribution in [0.15, 0.2) is 12.3 Å². The number of rotatable bonds is 0. The summed E-state index contributed by atoms with van der Waals surface area (Å²) >= 11 is 0. The monoisotopic (exact) mass is 322 g/mol. The minimum absolute atomic E-state index is 0. The molecule has 0 aliphatic carbocycles. The van der Waals surface area contributed by atoms with Gasteiger partial charge < -0.3 is 15.1 Å². The molecule has 0 saturated carbocycles. The van der Waals surface area contributed by atoms with E-state index in [4.69, 9.17) is 0 Å². The Morgan fingerprint density at radius 2 is 2.14 bits per heavy atom. The predicted molar refractivity (Wildman–Crippen MR) is 73.9 cm³/mol. The number of amides is 1. The Morgan fingerprint density at radius 3 is 2.81 bits per heavy atom. The first-order valence-corrected chi connectivity index (χ1v) is 6.22. The highest BCUT2D eigenvalue weighted by Crippen LogP contribution is 2.38. The van der Waals surface area contributed by atoms with E-state index in [1.165, 1.54) is 11.9 Å². The van der Waals surface area contributed by atoms with E-state index in [9.17, 15) is 18.0 Å². The van der Waals surface area contributed by atoms with Crippen molar-refractivity contribution >= 4 is 29.8 Å². The van der Waals surface area contributed by atoms with Gasteiger partial charge in [-0.15, -0.1) is 12.4 Å². The van der Waals surface area contributed by atoms with Gasteiger partial charge in [0.25, 0.3) is 5.91 Å². The second-order valence-electron chi connectivity index (χ2n) is 4.88. The van der Waals surface area contributed by atoms with Crippen molar-refractivity contribution in [3.63, 3.8) is 0 Å². The number of pyridine rings is 1. The molecule has 1 amide bonds. The maximum Gasteiger partial charge on any atom is 0.417 e. The number of fused-ring (bicyclic) bond motifs is 3. The number of nitrogens with zero attached hydrogens (tertiary/aromatic N) is 3. The lowest BCUT2D eigenvalue weighted by atomic mass is 10.1. The van der Waals surface area contributed by atoms with Crippen molar-refractivity contribution in [2.75, 3.05) is 36.5 Å². The molecule has 5 nitrogen and oxygen atoms in total. The fourth-order valence-electron chi connectivity index (χ4n) is 2.59. The van der Waals surface area contributed by atoms with Crippen molar-refractivity contribution in [2.45, 2.75) is 12.2 Å². The molecule has 0 bridgehead atoms. The summed E-state index contributed by atoms with van der Waals surface area (Å²) in [6.07, 6.45) is -3.65. The third-order valence-electron chi connectivity index (χ3n) is 3.67. The number of nitrogens with one attached hydrogen (secondary N) is 1. The van der Waals surface area contributed by atoms with Crippen LogP contribution in [-0.4, -0.2) is 43.6 Å². The minimum Gasteiger partial charge on any atom is -0.340 e. The van der Waals surface area contributed by atoms with E-state index < -0.39 is 17.8 Å². The smallest absolute Gasteiger partial charge is 0.340 e. The van der Waals surface area contributed by atoms with Crippen LogP contribution in [0.3, 0.4) is 0 Å². The van der Waals surface area contributed by atoms with E-state index in [2.05, 4.69) is 10.3 Å². The summed E-state index contributed by atoms with van der Waals surface area (Å²) in [5, 5.41) is 3.10. The molecule has 0 spiro atoms. The molecule has 1 atom stereocenters. The Balaban J connectivity index is 0.00000161. The number of halogens is 4. The minimum atomic E-state index is -4.47. The summed E-state index contributed by atoms with van der Waals surface area (Å²) in [7, 11) is 1.48. The second-order valence-corrected chi connectivity index (χ2v) is 4.88. The first-order valence-electron chi connectivity index (χ1n) is 6.22. The summed E-state index contributed by atoms with van der Waals surface area (Å²) in [6.45, 7) is 1.70. The average Bonchev–Trinajstić information content (AvgIpc) is 2.43. The van der Waals surface area contributed by atoms with E-state index in [0.29, 0.717) is 25.5 Å². The zero-order chi connectivity index (χ0) is 14.5. The van der Waals surface area contributed by atoms with E-state index in [0.717, 1.165) is 12.3 Å². The van der Waals surface area contributed by atoms with Crippen LogP contribution in [0.1, 0.15) is 5.56 Å². The highest BCUT2D eigenvalue weighted by atomic mass is 35.5. The van der Waals surface area contributed by atoms with E-state index in [1.807, 2.05) is 0 Å². The first-order chi connectivity index (χ1) is 9.39. The summed E-state index contributed by atoms with van der Waals surface area (Å²) in [4.78, 5) is 19.2.